The highest BCUT2D eigenvalue weighted by Gasteiger charge is 2.08. The Kier molecular flexibility index (Phi) is 4.22. The highest BCUT2D eigenvalue weighted by Crippen LogP contribution is 2.21. The standard InChI is InChI=1S/C10H9BrO2S/c1-13-10(12)5-3-7-2-4-8(11)6-9(7)14/h2-5H,6H2,1H3/b5-3+. The van der Waals surface area contributed by atoms with E-state index in [2.05, 4.69) is 20.7 Å². The zero-order chi connectivity index (χ0) is 10.6. The summed E-state index contributed by atoms with van der Waals surface area (Å²) in [7, 11) is 1.34. The fraction of sp³-hybridized carbons (Fsp3) is 0.200. The first kappa shape index (κ1) is 11.3. The Morgan fingerprint density at radius 3 is 2.93 bits per heavy atom. The van der Waals surface area contributed by atoms with E-state index < -0.39 is 0 Å². The zero-order valence-corrected chi connectivity index (χ0v) is 10.0. The van der Waals surface area contributed by atoms with Crippen LogP contribution < -0.4 is 0 Å². The minimum atomic E-state index is -0.373. The zero-order valence-electron chi connectivity index (χ0n) is 7.62. The average molecular weight is 273 g/mol. The Hall–Kier alpha value is -0.740. The first-order valence-corrected chi connectivity index (χ1v) is 5.19. The Labute approximate surface area is 96.5 Å². The topological polar surface area (TPSA) is 26.3 Å². The van der Waals surface area contributed by atoms with Crippen LogP contribution in [0.25, 0.3) is 0 Å². The SMILES string of the molecule is COC(=O)/C=C/C1=CC=C(Br)CC1=S. The summed E-state index contributed by atoms with van der Waals surface area (Å²) in [6.45, 7) is 0. The summed E-state index contributed by atoms with van der Waals surface area (Å²) in [4.78, 5) is 11.6. The van der Waals surface area contributed by atoms with Gasteiger partial charge in [-0.05, 0) is 11.6 Å². The molecular formula is C10H9BrO2S. The van der Waals surface area contributed by atoms with Crippen LogP contribution in [0, 0.1) is 0 Å². The van der Waals surface area contributed by atoms with Crippen LogP contribution in [-0.2, 0) is 9.53 Å². The molecule has 0 saturated carbocycles. The van der Waals surface area contributed by atoms with E-state index in [-0.39, 0.29) is 5.97 Å². The van der Waals surface area contributed by atoms with Crippen molar-refractivity contribution in [3.8, 4) is 0 Å². The molecule has 0 unspecified atom stereocenters. The molecule has 0 bridgehead atoms. The van der Waals surface area contributed by atoms with Crippen molar-refractivity contribution in [3.63, 3.8) is 0 Å². The van der Waals surface area contributed by atoms with E-state index in [9.17, 15) is 4.79 Å². The Morgan fingerprint density at radius 1 is 1.64 bits per heavy atom. The van der Waals surface area contributed by atoms with Crippen LogP contribution in [0.3, 0.4) is 0 Å². The molecule has 1 rings (SSSR count). The molecule has 2 nitrogen and oxygen atoms in total. The van der Waals surface area contributed by atoms with E-state index in [1.54, 1.807) is 6.08 Å². The van der Waals surface area contributed by atoms with Crippen molar-refractivity contribution in [3.05, 3.63) is 34.4 Å². The van der Waals surface area contributed by atoms with Crippen LogP contribution >= 0.6 is 28.1 Å². The minimum absolute atomic E-state index is 0.373. The summed E-state index contributed by atoms with van der Waals surface area (Å²) >= 11 is 8.51. The fourth-order valence-corrected chi connectivity index (χ4v) is 1.85. The van der Waals surface area contributed by atoms with Crippen LogP contribution in [0.1, 0.15) is 6.42 Å². The third-order valence-electron chi connectivity index (χ3n) is 1.70. The number of halogens is 1. The summed E-state index contributed by atoms with van der Waals surface area (Å²) in [5.74, 6) is -0.373. The molecule has 0 spiro atoms. The Bertz CT molecular complexity index is 353. The van der Waals surface area contributed by atoms with Gasteiger partial charge in [-0.2, -0.15) is 0 Å². The number of thiocarbonyl (C=S) groups is 1. The van der Waals surface area contributed by atoms with Gasteiger partial charge in [0, 0.05) is 21.8 Å². The first-order chi connectivity index (χ1) is 6.63. The molecule has 74 valence electrons. The maximum atomic E-state index is 10.8. The monoisotopic (exact) mass is 272 g/mol. The highest BCUT2D eigenvalue weighted by molar-refractivity contribution is 9.11. The van der Waals surface area contributed by atoms with E-state index in [1.807, 2.05) is 12.2 Å². The number of rotatable bonds is 2. The Balaban J connectivity index is 2.74. The normalized spacial score (nSPS) is 16.6. The van der Waals surface area contributed by atoms with Gasteiger partial charge in [0.05, 0.1) is 7.11 Å². The second-order valence-electron chi connectivity index (χ2n) is 2.69. The predicted molar refractivity (Wildman–Crippen MR) is 63.5 cm³/mol. The van der Waals surface area contributed by atoms with Gasteiger partial charge in [0.2, 0.25) is 0 Å². The maximum absolute atomic E-state index is 10.8. The van der Waals surface area contributed by atoms with Gasteiger partial charge in [0.15, 0.2) is 0 Å². The van der Waals surface area contributed by atoms with Gasteiger partial charge >= 0.3 is 5.97 Å². The summed E-state index contributed by atoms with van der Waals surface area (Å²) in [5, 5.41) is 0. The molecule has 0 radical (unpaired) electrons. The summed E-state index contributed by atoms with van der Waals surface area (Å²) < 4.78 is 5.53. The van der Waals surface area contributed by atoms with Gasteiger partial charge in [-0.1, -0.05) is 40.3 Å². The molecule has 0 amide bonds. The molecule has 0 aromatic carbocycles. The number of ether oxygens (including phenoxy) is 1. The molecule has 0 saturated heterocycles. The van der Waals surface area contributed by atoms with Crippen molar-refractivity contribution in [2.24, 2.45) is 0 Å². The van der Waals surface area contributed by atoms with Crippen LogP contribution in [0.4, 0.5) is 0 Å². The van der Waals surface area contributed by atoms with Crippen molar-refractivity contribution in [2.45, 2.75) is 6.42 Å². The van der Waals surface area contributed by atoms with Gasteiger partial charge in [0.1, 0.15) is 0 Å². The Morgan fingerprint density at radius 2 is 2.36 bits per heavy atom. The molecule has 0 aromatic heterocycles. The number of hydrogen-bond donors (Lipinski definition) is 0. The quantitative estimate of drug-likeness (QED) is 0.439. The molecule has 14 heavy (non-hydrogen) atoms. The van der Waals surface area contributed by atoms with E-state index in [0.29, 0.717) is 6.42 Å². The van der Waals surface area contributed by atoms with Gasteiger partial charge in [-0.25, -0.2) is 4.79 Å². The molecule has 0 aromatic rings. The van der Waals surface area contributed by atoms with Gasteiger partial charge in [0.25, 0.3) is 0 Å². The number of allylic oxidation sites excluding steroid dienone is 5. The second-order valence-corrected chi connectivity index (χ2v) is 4.20. The van der Waals surface area contributed by atoms with E-state index in [0.717, 1.165) is 14.9 Å². The van der Waals surface area contributed by atoms with Gasteiger partial charge in [-0.3, -0.25) is 0 Å². The minimum Gasteiger partial charge on any atom is -0.466 e. The van der Waals surface area contributed by atoms with Gasteiger partial charge in [-0.15, -0.1) is 0 Å². The molecule has 1 aliphatic carbocycles. The van der Waals surface area contributed by atoms with Crippen molar-refractivity contribution in [1.29, 1.82) is 0 Å². The highest BCUT2D eigenvalue weighted by atomic mass is 79.9. The van der Waals surface area contributed by atoms with Crippen LogP contribution in [0.5, 0.6) is 0 Å². The number of esters is 1. The molecule has 0 aliphatic heterocycles. The van der Waals surface area contributed by atoms with Crippen molar-refractivity contribution < 1.29 is 9.53 Å². The molecule has 0 heterocycles. The average Bonchev–Trinajstić information content (AvgIpc) is 2.16. The molecule has 0 atom stereocenters. The van der Waals surface area contributed by atoms with Gasteiger partial charge < -0.3 is 4.74 Å². The number of carbonyl (C=O) groups excluding carboxylic acids is 1. The van der Waals surface area contributed by atoms with Crippen molar-refractivity contribution in [1.82, 2.24) is 0 Å². The van der Waals surface area contributed by atoms with Crippen LogP contribution in [0.2, 0.25) is 0 Å². The number of methoxy groups -OCH3 is 1. The van der Waals surface area contributed by atoms with E-state index >= 15 is 0 Å². The molecule has 1 aliphatic rings. The largest absolute Gasteiger partial charge is 0.466 e. The van der Waals surface area contributed by atoms with Crippen molar-refractivity contribution >= 4 is 39.0 Å². The smallest absolute Gasteiger partial charge is 0.330 e. The third-order valence-corrected chi connectivity index (χ3v) is 2.62. The summed E-state index contributed by atoms with van der Waals surface area (Å²) in [6, 6.07) is 0. The maximum Gasteiger partial charge on any atom is 0.330 e. The fourth-order valence-electron chi connectivity index (χ4n) is 0.962. The van der Waals surface area contributed by atoms with E-state index in [4.69, 9.17) is 12.2 Å². The lowest BCUT2D eigenvalue weighted by Gasteiger charge is -2.08. The molecular weight excluding hydrogens is 264 g/mol. The lowest BCUT2D eigenvalue weighted by molar-refractivity contribution is -0.134. The second kappa shape index (κ2) is 5.22. The lowest BCUT2D eigenvalue weighted by Crippen LogP contribution is -2.02. The number of carbonyl (C=O) groups is 1. The summed E-state index contributed by atoms with van der Waals surface area (Å²) in [5.41, 5.74) is 0.883. The number of hydrogen-bond acceptors (Lipinski definition) is 3. The molecule has 4 heteroatoms. The third kappa shape index (κ3) is 3.20. The van der Waals surface area contributed by atoms with Crippen LogP contribution in [0.15, 0.2) is 34.4 Å². The van der Waals surface area contributed by atoms with E-state index in [1.165, 1.54) is 13.2 Å². The summed E-state index contributed by atoms with van der Waals surface area (Å²) in [6.07, 6.45) is 7.55. The van der Waals surface area contributed by atoms with Crippen molar-refractivity contribution in [2.75, 3.05) is 7.11 Å². The molecule has 0 fully saturated rings. The first-order valence-electron chi connectivity index (χ1n) is 3.99. The lowest BCUT2D eigenvalue weighted by atomic mass is 10.0. The molecule has 0 N–H and O–H groups in total. The predicted octanol–water partition coefficient (Wildman–Crippen LogP) is 2.69. The van der Waals surface area contributed by atoms with Crippen LogP contribution in [-0.4, -0.2) is 17.9 Å².